The molecular formula is C11H16N4S. The zero-order valence-corrected chi connectivity index (χ0v) is 10.6. The van der Waals surface area contributed by atoms with Gasteiger partial charge in [-0.3, -0.25) is 0 Å². The van der Waals surface area contributed by atoms with Gasteiger partial charge in [-0.2, -0.15) is 0 Å². The fourth-order valence-corrected chi connectivity index (χ4v) is 1.35. The molecule has 16 heavy (non-hydrogen) atoms. The number of aryl methyl sites for hydroxylation is 2. The summed E-state index contributed by atoms with van der Waals surface area (Å²) in [7, 11) is 0. The van der Waals surface area contributed by atoms with E-state index in [4.69, 9.17) is 12.2 Å². The molecule has 1 rings (SSSR count). The highest BCUT2D eigenvalue weighted by atomic mass is 32.1. The van der Waals surface area contributed by atoms with Gasteiger partial charge in [0.1, 0.15) is 11.6 Å². The zero-order valence-electron chi connectivity index (χ0n) is 9.79. The number of nitrogens with one attached hydrogen (secondary N) is 2. The van der Waals surface area contributed by atoms with Gasteiger partial charge in [-0.15, -0.1) is 0 Å². The van der Waals surface area contributed by atoms with Gasteiger partial charge in [-0.1, -0.05) is 12.2 Å². The van der Waals surface area contributed by atoms with Gasteiger partial charge >= 0.3 is 0 Å². The van der Waals surface area contributed by atoms with Crippen LogP contribution in [0.15, 0.2) is 18.2 Å². The summed E-state index contributed by atoms with van der Waals surface area (Å²) in [6.07, 6.45) is 0. The largest absolute Gasteiger partial charge is 0.359 e. The van der Waals surface area contributed by atoms with Crippen molar-refractivity contribution >= 4 is 23.1 Å². The van der Waals surface area contributed by atoms with Crippen molar-refractivity contribution in [3.63, 3.8) is 0 Å². The van der Waals surface area contributed by atoms with Crippen LogP contribution in [0.4, 0.5) is 5.82 Å². The fraction of sp³-hybridized carbons (Fsp3) is 0.364. The van der Waals surface area contributed by atoms with E-state index in [0.29, 0.717) is 17.5 Å². The highest BCUT2D eigenvalue weighted by Gasteiger charge is 2.00. The topological polar surface area (TPSA) is 49.8 Å². The lowest BCUT2D eigenvalue weighted by Crippen LogP contribution is -2.30. The van der Waals surface area contributed by atoms with Crippen molar-refractivity contribution in [2.24, 2.45) is 0 Å². The lowest BCUT2D eigenvalue weighted by atomic mass is 10.3. The summed E-state index contributed by atoms with van der Waals surface area (Å²) >= 11 is 5.12. The Morgan fingerprint density at radius 1 is 1.44 bits per heavy atom. The first-order chi connectivity index (χ1) is 7.47. The second kappa shape index (κ2) is 5.55. The maximum absolute atomic E-state index is 5.12. The quantitative estimate of drug-likeness (QED) is 0.620. The van der Waals surface area contributed by atoms with Crippen LogP contribution in [0.25, 0.3) is 0 Å². The Morgan fingerprint density at radius 3 is 2.69 bits per heavy atom. The molecule has 0 saturated heterocycles. The van der Waals surface area contributed by atoms with Gasteiger partial charge in [0.2, 0.25) is 0 Å². The highest BCUT2D eigenvalue weighted by molar-refractivity contribution is 7.80. The monoisotopic (exact) mass is 236 g/mol. The molecule has 0 atom stereocenters. The summed E-state index contributed by atoms with van der Waals surface area (Å²) in [5.74, 6) is 1.44. The molecule has 0 aliphatic rings. The Bertz CT molecular complexity index is 394. The summed E-state index contributed by atoms with van der Waals surface area (Å²) in [6.45, 7) is 10.2. The van der Waals surface area contributed by atoms with Gasteiger partial charge in [0, 0.05) is 18.3 Å². The van der Waals surface area contributed by atoms with Gasteiger partial charge in [-0.05, 0) is 33.0 Å². The van der Waals surface area contributed by atoms with Gasteiger partial charge in [0.25, 0.3) is 0 Å². The van der Waals surface area contributed by atoms with Crippen LogP contribution in [0.3, 0.4) is 0 Å². The summed E-state index contributed by atoms with van der Waals surface area (Å²) in [5.41, 5.74) is 1.94. The van der Waals surface area contributed by atoms with Crippen molar-refractivity contribution in [2.45, 2.75) is 20.8 Å². The maximum atomic E-state index is 5.12. The summed E-state index contributed by atoms with van der Waals surface area (Å²) in [6, 6.07) is 1.85. The van der Waals surface area contributed by atoms with Gasteiger partial charge < -0.3 is 10.6 Å². The molecule has 1 heterocycles. The fourth-order valence-electron chi connectivity index (χ4n) is 1.17. The molecule has 2 N–H and O–H groups in total. The molecule has 0 aliphatic carbocycles. The Morgan fingerprint density at radius 2 is 2.12 bits per heavy atom. The number of aromatic nitrogens is 2. The molecule has 0 fully saturated rings. The first kappa shape index (κ1) is 12.6. The Hall–Kier alpha value is -1.49. The molecule has 5 heteroatoms. The molecule has 1 aromatic rings. The van der Waals surface area contributed by atoms with Crippen LogP contribution in [-0.2, 0) is 0 Å². The van der Waals surface area contributed by atoms with Crippen molar-refractivity contribution in [1.82, 2.24) is 15.3 Å². The van der Waals surface area contributed by atoms with Crippen molar-refractivity contribution in [1.29, 1.82) is 0 Å². The molecule has 0 amide bonds. The molecule has 86 valence electrons. The van der Waals surface area contributed by atoms with Crippen LogP contribution in [0, 0.1) is 13.8 Å². The van der Waals surface area contributed by atoms with Crippen molar-refractivity contribution in [3.05, 3.63) is 29.7 Å². The second-order valence-corrected chi connectivity index (χ2v) is 4.11. The van der Waals surface area contributed by atoms with E-state index in [-0.39, 0.29) is 0 Å². The third kappa shape index (κ3) is 4.35. The smallest absolute Gasteiger partial charge is 0.172 e. The maximum Gasteiger partial charge on any atom is 0.172 e. The minimum Gasteiger partial charge on any atom is -0.359 e. The minimum atomic E-state index is 0.542. The molecule has 0 saturated carbocycles. The molecule has 0 radical (unpaired) electrons. The molecule has 0 spiro atoms. The van der Waals surface area contributed by atoms with Crippen LogP contribution in [0.2, 0.25) is 0 Å². The molecular weight excluding hydrogens is 220 g/mol. The van der Waals surface area contributed by atoms with Gasteiger partial charge in [-0.25, -0.2) is 9.97 Å². The molecule has 4 nitrogen and oxygen atoms in total. The predicted octanol–water partition coefficient (Wildman–Crippen LogP) is 1.96. The number of thiocarbonyl (C=S) groups is 1. The van der Waals surface area contributed by atoms with Crippen LogP contribution in [-0.4, -0.2) is 21.6 Å². The number of rotatable bonds is 3. The summed E-state index contributed by atoms with van der Waals surface area (Å²) in [4.78, 5) is 8.42. The normalized spacial score (nSPS) is 9.69. The van der Waals surface area contributed by atoms with Crippen LogP contribution >= 0.6 is 12.2 Å². The Labute approximate surface area is 101 Å². The van der Waals surface area contributed by atoms with E-state index in [1.165, 1.54) is 0 Å². The zero-order chi connectivity index (χ0) is 12.1. The van der Waals surface area contributed by atoms with E-state index in [1.807, 2.05) is 26.8 Å². The summed E-state index contributed by atoms with van der Waals surface area (Å²) in [5, 5.41) is 6.58. The first-order valence-electron chi connectivity index (χ1n) is 4.99. The second-order valence-electron chi connectivity index (χ2n) is 3.71. The Kier molecular flexibility index (Phi) is 4.37. The van der Waals surface area contributed by atoms with Crippen molar-refractivity contribution in [2.75, 3.05) is 11.9 Å². The van der Waals surface area contributed by atoms with E-state index in [9.17, 15) is 0 Å². The van der Waals surface area contributed by atoms with Crippen LogP contribution in [0.1, 0.15) is 18.4 Å². The third-order valence-electron chi connectivity index (χ3n) is 1.76. The van der Waals surface area contributed by atoms with E-state index in [1.54, 1.807) is 0 Å². The highest BCUT2D eigenvalue weighted by Crippen LogP contribution is 2.05. The third-order valence-corrected chi connectivity index (χ3v) is 2.00. The van der Waals surface area contributed by atoms with Crippen molar-refractivity contribution in [3.8, 4) is 0 Å². The van der Waals surface area contributed by atoms with Gasteiger partial charge in [0.15, 0.2) is 5.11 Å². The number of hydrogen-bond acceptors (Lipinski definition) is 3. The molecule has 0 unspecified atom stereocenters. The van der Waals surface area contributed by atoms with E-state index < -0.39 is 0 Å². The first-order valence-corrected chi connectivity index (χ1v) is 5.39. The summed E-state index contributed by atoms with van der Waals surface area (Å²) < 4.78 is 0. The molecule has 1 aromatic heterocycles. The standard InChI is InChI=1S/C11H16N4S/c1-7(2)6-12-11(16)15-10-5-8(3)13-9(4)14-10/h5H,1,6H2,2-4H3,(H2,12,13,14,15,16). The predicted molar refractivity (Wildman–Crippen MR) is 70.5 cm³/mol. The van der Waals surface area contributed by atoms with E-state index in [0.717, 1.165) is 17.1 Å². The average Bonchev–Trinajstić information content (AvgIpc) is 2.12. The molecule has 0 bridgehead atoms. The Balaban J connectivity index is 2.59. The molecule has 0 aliphatic heterocycles. The van der Waals surface area contributed by atoms with Gasteiger partial charge in [0.05, 0.1) is 0 Å². The molecule has 0 aromatic carbocycles. The lowest BCUT2D eigenvalue weighted by molar-refractivity contribution is 0.987. The number of hydrogen-bond donors (Lipinski definition) is 2. The van der Waals surface area contributed by atoms with E-state index >= 15 is 0 Å². The van der Waals surface area contributed by atoms with Crippen molar-refractivity contribution < 1.29 is 0 Å². The van der Waals surface area contributed by atoms with E-state index in [2.05, 4.69) is 27.2 Å². The number of anilines is 1. The SMILES string of the molecule is C=C(C)CNC(=S)Nc1cc(C)nc(C)n1. The van der Waals surface area contributed by atoms with Crippen LogP contribution in [0.5, 0.6) is 0 Å². The number of nitrogens with zero attached hydrogens (tertiary/aromatic N) is 2. The lowest BCUT2D eigenvalue weighted by Gasteiger charge is -2.10. The average molecular weight is 236 g/mol. The van der Waals surface area contributed by atoms with Crippen LogP contribution < -0.4 is 10.6 Å². The minimum absolute atomic E-state index is 0.542.